The third-order valence-corrected chi connectivity index (χ3v) is 7.79. The number of hydrogen-bond donors (Lipinski definition) is 1. The van der Waals surface area contributed by atoms with Gasteiger partial charge < -0.3 is 10.1 Å². The van der Waals surface area contributed by atoms with E-state index in [4.69, 9.17) is 4.74 Å². The van der Waals surface area contributed by atoms with Gasteiger partial charge >= 0.3 is 0 Å². The van der Waals surface area contributed by atoms with Gasteiger partial charge in [0, 0.05) is 19.3 Å². The van der Waals surface area contributed by atoms with Crippen LogP contribution in [0.1, 0.15) is 59.3 Å². The molecule has 1 N–H and O–H groups in total. The normalized spacial score (nSPS) is 31.2. The van der Waals surface area contributed by atoms with Gasteiger partial charge in [-0.15, -0.1) is 0 Å². The molecule has 124 valence electrons. The molecule has 0 amide bonds. The number of rotatable bonds is 5. The Bertz CT molecular complexity index is 427. The number of hydrogen-bond acceptors (Lipinski definition) is 4. The van der Waals surface area contributed by atoms with Crippen molar-refractivity contribution in [2.75, 3.05) is 19.8 Å². The van der Waals surface area contributed by atoms with Crippen LogP contribution in [0.4, 0.5) is 0 Å². The highest BCUT2D eigenvalue weighted by Gasteiger charge is 2.45. The van der Waals surface area contributed by atoms with Crippen LogP contribution < -0.4 is 5.32 Å². The summed E-state index contributed by atoms with van der Waals surface area (Å²) in [6.45, 7) is 8.62. The first-order valence-electron chi connectivity index (χ1n) is 8.40. The molecule has 2 aliphatic rings. The van der Waals surface area contributed by atoms with E-state index < -0.39 is 9.84 Å². The lowest BCUT2D eigenvalue weighted by atomic mass is 9.75. The van der Waals surface area contributed by atoms with Crippen molar-refractivity contribution in [3.63, 3.8) is 0 Å². The molecule has 5 heteroatoms. The zero-order chi connectivity index (χ0) is 15.5. The van der Waals surface area contributed by atoms with Crippen molar-refractivity contribution in [2.45, 2.75) is 75.8 Å². The minimum atomic E-state index is -3.08. The SMILES string of the molecule is CCCNC1CCC(C)(C)CC1S(=O)(=O)C1CCOCC1. The van der Waals surface area contributed by atoms with Crippen LogP contribution in [0.15, 0.2) is 0 Å². The summed E-state index contributed by atoms with van der Waals surface area (Å²) in [6.07, 6.45) is 5.24. The third kappa shape index (κ3) is 4.20. The fraction of sp³-hybridized carbons (Fsp3) is 1.00. The minimum absolute atomic E-state index is 0.130. The zero-order valence-corrected chi connectivity index (χ0v) is 14.5. The predicted octanol–water partition coefficient (Wildman–Crippen LogP) is 2.53. The second-order valence-corrected chi connectivity index (χ2v) is 9.86. The van der Waals surface area contributed by atoms with E-state index in [-0.39, 0.29) is 22.0 Å². The first-order valence-corrected chi connectivity index (χ1v) is 10.0. The molecule has 0 aromatic heterocycles. The van der Waals surface area contributed by atoms with Crippen LogP contribution in [0.2, 0.25) is 0 Å². The summed E-state index contributed by atoms with van der Waals surface area (Å²) >= 11 is 0. The summed E-state index contributed by atoms with van der Waals surface area (Å²) in [5.74, 6) is 0. The molecule has 2 atom stereocenters. The summed E-state index contributed by atoms with van der Waals surface area (Å²) in [5.41, 5.74) is 0.132. The monoisotopic (exact) mass is 317 g/mol. The maximum Gasteiger partial charge on any atom is 0.157 e. The molecule has 0 aromatic carbocycles. The van der Waals surface area contributed by atoms with Gasteiger partial charge in [-0.2, -0.15) is 0 Å². The van der Waals surface area contributed by atoms with Crippen molar-refractivity contribution in [3.8, 4) is 0 Å². The van der Waals surface area contributed by atoms with E-state index in [1.54, 1.807) is 0 Å². The Morgan fingerprint density at radius 3 is 2.48 bits per heavy atom. The second-order valence-electron chi connectivity index (χ2n) is 7.41. The summed E-state index contributed by atoms with van der Waals surface area (Å²) in [5, 5.41) is 3.07. The molecule has 4 nitrogen and oxygen atoms in total. The highest BCUT2D eigenvalue weighted by Crippen LogP contribution is 2.40. The van der Waals surface area contributed by atoms with Gasteiger partial charge in [0.1, 0.15) is 0 Å². The van der Waals surface area contributed by atoms with Crippen molar-refractivity contribution in [1.82, 2.24) is 5.32 Å². The van der Waals surface area contributed by atoms with Gasteiger partial charge in [-0.25, -0.2) is 8.42 Å². The fourth-order valence-electron chi connectivity index (χ4n) is 3.68. The van der Waals surface area contributed by atoms with E-state index in [1.165, 1.54) is 0 Å². The molecule has 1 saturated heterocycles. The highest BCUT2D eigenvalue weighted by molar-refractivity contribution is 7.92. The maximum atomic E-state index is 13.1. The molecule has 0 radical (unpaired) electrons. The molecule has 1 aliphatic heterocycles. The van der Waals surface area contributed by atoms with E-state index in [1.807, 2.05) is 0 Å². The Labute approximate surface area is 129 Å². The van der Waals surface area contributed by atoms with E-state index in [9.17, 15) is 8.42 Å². The standard InChI is InChI=1S/C16H31NO3S/c1-4-9-17-14-5-8-16(2,3)12-15(14)21(18,19)13-6-10-20-11-7-13/h13-15,17H,4-12H2,1-3H3. The Kier molecular flexibility index (Phi) is 5.71. The molecule has 1 heterocycles. The number of sulfone groups is 1. The molecular formula is C16H31NO3S. The number of ether oxygens (including phenoxy) is 1. The summed E-state index contributed by atoms with van der Waals surface area (Å²) < 4.78 is 31.5. The Balaban J connectivity index is 2.16. The van der Waals surface area contributed by atoms with Gasteiger partial charge in [-0.1, -0.05) is 20.8 Å². The van der Waals surface area contributed by atoms with E-state index >= 15 is 0 Å². The minimum Gasteiger partial charge on any atom is -0.381 e. The summed E-state index contributed by atoms with van der Waals surface area (Å²) in [6, 6.07) is 0.130. The van der Waals surface area contributed by atoms with E-state index in [2.05, 4.69) is 26.1 Å². The van der Waals surface area contributed by atoms with Gasteiger partial charge in [-0.05, 0) is 50.5 Å². The largest absolute Gasteiger partial charge is 0.381 e. The van der Waals surface area contributed by atoms with Crippen molar-refractivity contribution >= 4 is 9.84 Å². The van der Waals surface area contributed by atoms with Gasteiger partial charge in [0.15, 0.2) is 9.84 Å². The van der Waals surface area contributed by atoms with Crippen LogP contribution in [0.25, 0.3) is 0 Å². The lowest BCUT2D eigenvalue weighted by Gasteiger charge is -2.42. The summed E-state index contributed by atoms with van der Waals surface area (Å²) in [4.78, 5) is 0. The quantitative estimate of drug-likeness (QED) is 0.846. The van der Waals surface area contributed by atoms with E-state index in [0.29, 0.717) is 26.1 Å². The molecule has 2 rings (SSSR count). The smallest absolute Gasteiger partial charge is 0.157 e. The lowest BCUT2D eigenvalue weighted by molar-refractivity contribution is 0.0976. The molecule has 1 saturated carbocycles. The van der Waals surface area contributed by atoms with Crippen molar-refractivity contribution < 1.29 is 13.2 Å². The van der Waals surface area contributed by atoms with Crippen LogP contribution in [0, 0.1) is 5.41 Å². The predicted molar refractivity (Wildman–Crippen MR) is 86.3 cm³/mol. The molecule has 21 heavy (non-hydrogen) atoms. The van der Waals surface area contributed by atoms with E-state index in [0.717, 1.165) is 32.2 Å². The third-order valence-electron chi connectivity index (χ3n) is 5.05. The Morgan fingerprint density at radius 2 is 1.86 bits per heavy atom. The van der Waals surface area contributed by atoms with Crippen LogP contribution in [0.3, 0.4) is 0 Å². The first kappa shape index (κ1) is 17.2. The number of nitrogens with one attached hydrogen (secondary N) is 1. The molecule has 1 aliphatic carbocycles. The van der Waals surface area contributed by atoms with Crippen molar-refractivity contribution in [3.05, 3.63) is 0 Å². The zero-order valence-electron chi connectivity index (χ0n) is 13.7. The van der Waals surface area contributed by atoms with Gasteiger partial charge in [-0.3, -0.25) is 0 Å². The van der Waals surface area contributed by atoms with Crippen molar-refractivity contribution in [2.24, 2.45) is 5.41 Å². The van der Waals surface area contributed by atoms with Crippen LogP contribution in [-0.4, -0.2) is 44.7 Å². The van der Waals surface area contributed by atoms with Crippen LogP contribution in [-0.2, 0) is 14.6 Å². The Hall–Kier alpha value is -0.130. The maximum absolute atomic E-state index is 13.1. The summed E-state index contributed by atoms with van der Waals surface area (Å²) in [7, 11) is -3.08. The highest BCUT2D eigenvalue weighted by atomic mass is 32.2. The van der Waals surface area contributed by atoms with Gasteiger partial charge in [0.05, 0.1) is 10.5 Å². The average Bonchev–Trinajstić information content (AvgIpc) is 2.46. The topological polar surface area (TPSA) is 55.4 Å². The first-order chi connectivity index (χ1) is 9.87. The molecule has 0 aromatic rings. The Morgan fingerprint density at radius 1 is 1.19 bits per heavy atom. The molecule has 2 fully saturated rings. The van der Waals surface area contributed by atoms with Crippen LogP contribution in [0.5, 0.6) is 0 Å². The average molecular weight is 317 g/mol. The molecule has 0 bridgehead atoms. The lowest BCUT2D eigenvalue weighted by Crippen LogP contribution is -2.53. The second kappa shape index (κ2) is 6.97. The molecular weight excluding hydrogens is 286 g/mol. The van der Waals surface area contributed by atoms with Gasteiger partial charge in [0.2, 0.25) is 0 Å². The molecule has 0 spiro atoms. The van der Waals surface area contributed by atoms with Crippen LogP contribution >= 0.6 is 0 Å². The van der Waals surface area contributed by atoms with Gasteiger partial charge in [0.25, 0.3) is 0 Å². The molecule has 2 unspecified atom stereocenters. The van der Waals surface area contributed by atoms with Crippen molar-refractivity contribution in [1.29, 1.82) is 0 Å². The fourth-order valence-corrected chi connectivity index (χ4v) is 6.40.